The lowest BCUT2D eigenvalue weighted by Gasteiger charge is -2.09. The Hall–Kier alpha value is -0.940. The third-order valence-electron chi connectivity index (χ3n) is 2.42. The Labute approximate surface area is 99.7 Å². The summed E-state index contributed by atoms with van der Waals surface area (Å²) in [7, 11) is 0. The van der Waals surface area contributed by atoms with Crippen molar-refractivity contribution in [2.75, 3.05) is 6.54 Å². The number of hydrogen-bond acceptors (Lipinski definition) is 4. The summed E-state index contributed by atoms with van der Waals surface area (Å²) in [5.41, 5.74) is 0. The minimum absolute atomic E-state index is 0.271. The molecular formula is C11H18N2O2S. The first-order valence-corrected chi connectivity index (χ1v) is 6.37. The molecule has 0 saturated carbocycles. The van der Waals surface area contributed by atoms with Crippen LogP contribution in [0.4, 0.5) is 0 Å². The van der Waals surface area contributed by atoms with Crippen molar-refractivity contribution >= 4 is 17.3 Å². The van der Waals surface area contributed by atoms with E-state index >= 15 is 0 Å². The SMILES string of the molecule is CC(CCNCc1nccs1)CCC(=O)O. The second-order valence-corrected chi connectivity index (χ2v) is 4.91. The van der Waals surface area contributed by atoms with Crippen molar-refractivity contribution in [1.82, 2.24) is 10.3 Å². The molecule has 0 radical (unpaired) electrons. The number of thiazole rings is 1. The maximum atomic E-state index is 10.4. The molecule has 0 aliphatic carbocycles. The zero-order valence-electron chi connectivity index (χ0n) is 9.48. The fraction of sp³-hybridized carbons (Fsp3) is 0.636. The summed E-state index contributed by atoms with van der Waals surface area (Å²) in [5.74, 6) is -0.248. The number of carbonyl (C=O) groups is 1. The van der Waals surface area contributed by atoms with Crippen molar-refractivity contribution in [2.24, 2.45) is 5.92 Å². The fourth-order valence-corrected chi connectivity index (χ4v) is 1.98. The van der Waals surface area contributed by atoms with Gasteiger partial charge in [-0.15, -0.1) is 11.3 Å². The molecule has 5 heteroatoms. The Morgan fingerprint density at radius 3 is 3.06 bits per heavy atom. The van der Waals surface area contributed by atoms with Gasteiger partial charge in [0, 0.05) is 24.5 Å². The van der Waals surface area contributed by atoms with Crippen LogP contribution in [0.2, 0.25) is 0 Å². The van der Waals surface area contributed by atoms with E-state index in [2.05, 4.69) is 17.2 Å². The van der Waals surface area contributed by atoms with Gasteiger partial charge in [-0.25, -0.2) is 4.98 Å². The Bertz CT molecular complexity index is 301. The highest BCUT2D eigenvalue weighted by Gasteiger charge is 2.05. The summed E-state index contributed by atoms with van der Waals surface area (Å²) in [4.78, 5) is 14.5. The monoisotopic (exact) mass is 242 g/mol. The van der Waals surface area contributed by atoms with Crippen molar-refractivity contribution in [3.05, 3.63) is 16.6 Å². The Balaban J connectivity index is 2.00. The van der Waals surface area contributed by atoms with Crippen LogP contribution < -0.4 is 5.32 Å². The molecule has 1 aromatic heterocycles. The first-order chi connectivity index (χ1) is 7.68. The summed E-state index contributed by atoms with van der Waals surface area (Å²) < 4.78 is 0. The molecule has 1 aromatic rings. The van der Waals surface area contributed by atoms with Crippen molar-refractivity contribution in [3.8, 4) is 0 Å². The van der Waals surface area contributed by atoms with Gasteiger partial charge in [0.25, 0.3) is 0 Å². The van der Waals surface area contributed by atoms with E-state index in [0.717, 1.165) is 30.9 Å². The molecule has 0 amide bonds. The average Bonchev–Trinajstić information content (AvgIpc) is 2.74. The number of aromatic nitrogens is 1. The molecule has 0 saturated heterocycles. The van der Waals surface area contributed by atoms with Gasteiger partial charge in [-0.05, 0) is 25.3 Å². The molecule has 0 aromatic carbocycles. The zero-order valence-corrected chi connectivity index (χ0v) is 10.3. The largest absolute Gasteiger partial charge is 0.481 e. The molecule has 16 heavy (non-hydrogen) atoms. The van der Waals surface area contributed by atoms with E-state index < -0.39 is 5.97 Å². The highest BCUT2D eigenvalue weighted by molar-refractivity contribution is 7.09. The van der Waals surface area contributed by atoms with E-state index in [1.165, 1.54) is 0 Å². The standard InChI is InChI=1S/C11H18N2O2S/c1-9(2-3-11(14)15)4-5-12-8-10-13-6-7-16-10/h6-7,9,12H,2-5,8H2,1H3,(H,14,15). The number of hydrogen-bond donors (Lipinski definition) is 2. The Kier molecular flexibility index (Phi) is 6.03. The van der Waals surface area contributed by atoms with E-state index in [4.69, 9.17) is 5.11 Å². The number of rotatable bonds is 8. The van der Waals surface area contributed by atoms with Gasteiger partial charge < -0.3 is 10.4 Å². The van der Waals surface area contributed by atoms with Crippen LogP contribution >= 0.6 is 11.3 Å². The van der Waals surface area contributed by atoms with Gasteiger partial charge >= 0.3 is 5.97 Å². The summed E-state index contributed by atoms with van der Waals surface area (Å²) in [6, 6.07) is 0. The van der Waals surface area contributed by atoms with Crippen LogP contribution in [0.1, 0.15) is 31.2 Å². The third kappa shape index (κ3) is 5.82. The molecule has 0 spiro atoms. The van der Waals surface area contributed by atoms with Crippen molar-refractivity contribution in [2.45, 2.75) is 32.7 Å². The number of nitrogens with one attached hydrogen (secondary N) is 1. The number of aliphatic carboxylic acids is 1. The molecule has 4 nitrogen and oxygen atoms in total. The smallest absolute Gasteiger partial charge is 0.303 e. The minimum Gasteiger partial charge on any atom is -0.481 e. The summed E-state index contributed by atoms with van der Waals surface area (Å²) >= 11 is 1.64. The van der Waals surface area contributed by atoms with E-state index in [9.17, 15) is 4.79 Å². The number of nitrogens with zero attached hydrogens (tertiary/aromatic N) is 1. The van der Waals surface area contributed by atoms with Gasteiger partial charge in [0.05, 0.1) is 0 Å². The maximum Gasteiger partial charge on any atom is 0.303 e. The molecule has 1 heterocycles. The molecule has 0 aliphatic rings. The summed E-state index contributed by atoms with van der Waals surface area (Å²) in [6.07, 6.45) is 3.84. The lowest BCUT2D eigenvalue weighted by atomic mass is 10.0. The van der Waals surface area contributed by atoms with Gasteiger partial charge in [-0.2, -0.15) is 0 Å². The van der Waals surface area contributed by atoms with Crippen molar-refractivity contribution < 1.29 is 9.90 Å². The molecule has 2 N–H and O–H groups in total. The topological polar surface area (TPSA) is 62.2 Å². The zero-order chi connectivity index (χ0) is 11.8. The van der Waals surface area contributed by atoms with Crippen LogP contribution in [0.15, 0.2) is 11.6 Å². The minimum atomic E-state index is -0.706. The normalized spacial score (nSPS) is 12.6. The molecule has 1 unspecified atom stereocenters. The van der Waals surface area contributed by atoms with Gasteiger partial charge in [-0.1, -0.05) is 6.92 Å². The fourth-order valence-electron chi connectivity index (χ4n) is 1.40. The lowest BCUT2D eigenvalue weighted by molar-refractivity contribution is -0.137. The average molecular weight is 242 g/mol. The first kappa shape index (κ1) is 13.1. The molecule has 1 atom stereocenters. The second-order valence-electron chi connectivity index (χ2n) is 3.93. The predicted molar refractivity (Wildman–Crippen MR) is 64.5 cm³/mol. The molecule has 0 fully saturated rings. The third-order valence-corrected chi connectivity index (χ3v) is 3.20. The Morgan fingerprint density at radius 2 is 2.44 bits per heavy atom. The Morgan fingerprint density at radius 1 is 1.62 bits per heavy atom. The highest BCUT2D eigenvalue weighted by atomic mass is 32.1. The van der Waals surface area contributed by atoms with Gasteiger partial charge in [0.2, 0.25) is 0 Å². The second kappa shape index (κ2) is 7.35. The van der Waals surface area contributed by atoms with Crippen LogP contribution in [0.5, 0.6) is 0 Å². The maximum absolute atomic E-state index is 10.4. The molecule has 0 aliphatic heterocycles. The number of carboxylic acids is 1. The van der Waals surface area contributed by atoms with Gasteiger partial charge in [-0.3, -0.25) is 4.79 Å². The van der Waals surface area contributed by atoms with E-state index in [0.29, 0.717) is 5.92 Å². The molecular weight excluding hydrogens is 224 g/mol. The van der Waals surface area contributed by atoms with Crippen LogP contribution in [-0.2, 0) is 11.3 Å². The van der Waals surface area contributed by atoms with Gasteiger partial charge in [0.1, 0.15) is 5.01 Å². The van der Waals surface area contributed by atoms with Crippen LogP contribution in [0, 0.1) is 5.92 Å². The lowest BCUT2D eigenvalue weighted by Crippen LogP contribution is -2.17. The molecule has 90 valence electrons. The van der Waals surface area contributed by atoms with Crippen LogP contribution in [0.25, 0.3) is 0 Å². The van der Waals surface area contributed by atoms with Gasteiger partial charge in [0.15, 0.2) is 0 Å². The summed E-state index contributed by atoms with van der Waals surface area (Å²) in [6.45, 7) is 3.82. The van der Waals surface area contributed by atoms with E-state index in [-0.39, 0.29) is 6.42 Å². The first-order valence-electron chi connectivity index (χ1n) is 5.49. The van der Waals surface area contributed by atoms with Crippen LogP contribution in [0.3, 0.4) is 0 Å². The molecule has 1 rings (SSSR count). The predicted octanol–water partition coefficient (Wildman–Crippen LogP) is 2.12. The quantitative estimate of drug-likeness (QED) is 0.685. The number of carboxylic acid groups (broad SMARTS) is 1. The van der Waals surface area contributed by atoms with E-state index in [1.54, 1.807) is 17.5 Å². The molecule has 0 bridgehead atoms. The van der Waals surface area contributed by atoms with Crippen molar-refractivity contribution in [1.29, 1.82) is 0 Å². The van der Waals surface area contributed by atoms with E-state index in [1.807, 2.05) is 5.38 Å². The highest BCUT2D eigenvalue weighted by Crippen LogP contribution is 2.09. The van der Waals surface area contributed by atoms with Crippen molar-refractivity contribution in [3.63, 3.8) is 0 Å². The van der Waals surface area contributed by atoms with Crippen LogP contribution in [-0.4, -0.2) is 22.6 Å². The summed E-state index contributed by atoms with van der Waals surface area (Å²) in [5, 5.41) is 14.9.